The molecule has 24 heavy (non-hydrogen) atoms. The van der Waals surface area contributed by atoms with Crippen LogP contribution in [-0.4, -0.2) is 28.4 Å². The molecule has 4 rings (SSSR count). The van der Waals surface area contributed by atoms with E-state index in [1.165, 1.54) is 36.8 Å². The van der Waals surface area contributed by atoms with Gasteiger partial charge in [0, 0.05) is 31.5 Å². The molecule has 1 N–H and O–H groups in total. The Morgan fingerprint density at radius 3 is 2.75 bits per heavy atom. The fourth-order valence-electron chi connectivity index (χ4n) is 3.79. The molecule has 0 bridgehead atoms. The molecule has 1 aliphatic carbocycles. The van der Waals surface area contributed by atoms with Crippen molar-refractivity contribution in [2.24, 2.45) is 0 Å². The Balaban J connectivity index is 1.48. The molecule has 124 valence electrons. The van der Waals surface area contributed by atoms with Gasteiger partial charge in [-0.15, -0.1) is 0 Å². The number of benzene rings is 1. The van der Waals surface area contributed by atoms with Crippen molar-refractivity contribution in [3.05, 3.63) is 59.4 Å². The number of carbonyl (C=O) groups excluding carboxylic acids is 1. The van der Waals surface area contributed by atoms with E-state index in [1.807, 2.05) is 23.2 Å². The van der Waals surface area contributed by atoms with Gasteiger partial charge >= 0.3 is 0 Å². The number of amides is 1. The van der Waals surface area contributed by atoms with Crippen LogP contribution in [0.15, 0.2) is 42.7 Å². The molecule has 2 heterocycles. The summed E-state index contributed by atoms with van der Waals surface area (Å²) in [5, 5.41) is 3.52. The second kappa shape index (κ2) is 6.63. The molecular formula is C20H23N3O. The normalized spacial score (nSPS) is 17.6. The zero-order valence-corrected chi connectivity index (χ0v) is 13.9. The van der Waals surface area contributed by atoms with Crippen molar-refractivity contribution >= 4 is 11.6 Å². The van der Waals surface area contributed by atoms with Crippen LogP contribution >= 0.6 is 0 Å². The highest BCUT2D eigenvalue weighted by atomic mass is 16.2. The third kappa shape index (κ3) is 3.14. The molecular weight excluding hydrogens is 298 g/mol. The summed E-state index contributed by atoms with van der Waals surface area (Å²) in [6, 6.07) is 10.9. The lowest BCUT2D eigenvalue weighted by molar-refractivity contribution is 0.0734. The number of nitrogens with zero attached hydrogens (tertiary/aromatic N) is 2. The average Bonchev–Trinajstić information content (AvgIpc) is 3.14. The van der Waals surface area contributed by atoms with Gasteiger partial charge in [0.15, 0.2) is 0 Å². The lowest BCUT2D eigenvalue weighted by Gasteiger charge is -2.29. The third-order valence-electron chi connectivity index (χ3n) is 5.13. The SMILES string of the molecule is O=C(c1cncc(NC2CCCC2)c1)N1CCc2ccccc2C1. The molecule has 1 saturated carbocycles. The molecule has 2 aromatic rings. The Morgan fingerprint density at radius 2 is 1.92 bits per heavy atom. The Labute approximate surface area is 142 Å². The molecule has 0 radical (unpaired) electrons. The maximum absolute atomic E-state index is 12.9. The second-order valence-corrected chi connectivity index (χ2v) is 6.83. The number of nitrogens with one attached hydrogen (secondary N) is 1. The molecule has 0 atom stereocenters. The number of rotatable bonds is 3. The van der Waals surface area contributed by atoms with Crippen molar-refractivity contribution in [2.45, 2.75) is 44.7 Å². The molecule has 4 nitrogen and oxygen atoms in total. The second-order valence-electron chi connectivity index (χ2n) is 6.83. The van der Waals surface area contributed by atoms with Crippen LogP contribution in [0.2, 0.25) is 0 Å². The van der Waals surface area contributed by atoms with Gasteiger partial charge in [-0.05, 0) is 36.5 Å². The van der Waals surface area contributed by atoms with E-state index in [2.05, 4.69) is 28.5 Å². The number of hydrogen-bond donors (Lipinski definition) is 1. The van der Waals surface area contributed by atoms with Gasteiger partial charge in [-0.3, -0.25) is 9.78 Å². The topological polar surface area (TPSA) is 45.2 Å². The summed E-state index contributed by atoms with van der Waals surface area (Å²) in [5.41, 5.74) is 4.25. The monoisotopic (exact) mass is 321 g/mol. The average molecular weight is 321 g/mol. The standard InChI is InChI=1S/C20H23N3O/c24-20(23-10-9-15-5-1-2-6-16(15)14-23)17-11-19(13-21-12-17)22-18-7-3-4-8-18/h1-2,5-6,11-13,18,22H,3-4,7-10,14H2. The number of carbonyl (C=O) groups is 1. The van der Waals surface area contributed by atoms with E-state index in [0.29, 0.717) is 18.2 Å². The van der Waals surface area contributed by atoms with Crippen molar-refractivity contribution in [3.63, 3.8) is 0 Å². The summed E-state index contributed by atoms with van der Waals surface area (Å²) >= 11 is 0. The number of pyridine rings is 1. The maximum atomic E-state index is 12.9. The first-order valence-electron chi connectivity index (χ1n) is 8.87. The highest BCUT2D eigenvalue weighted by molar-refractivity contribution is 5.94. The molecule has 2 aliphatic rings. The molecule has 0 spiro atoms. The van der Waals surface area contributed by atoms with Gasteiger partial charge in [-0.1, -0.05) is 37.1 Å². The van der Waals surface area contributed by atoms with Crippen molar-refractivity contribution in [2.75, 3.05) is 11.9 Å². The Bertz CT molecular complexity index is 737. The molecule has 4 heteroatoms. The molecule has 1 aromatic heterocycles. The van der Waals surface area contributed by atoms with Crippen LogP contribution in [0.5, 0.6) is 0 Å². The summed E-state index contributed by atoms with van der Waals surface area (Å²) in [6.07, 6.45) is 9.43. The summed E-state index contributed by atoms with van der Waals surface area (Å²) in [6.45, 7) is 1.46. The van der Waals surface area contributed by atoms with E-state index in [4.69, 9.17) is 0 Å². The quantitative estimate of drug-likeness (QED) is 0.939. The predicted molar refractivity (Wildman–Crippen MR) is 95.0 cm³/mol. The first kappa shape index (κ1) is 15.2. The minimum Gasteiger partial charge on any atom is -0.381 e. The highest BCUT2D eigenvalue weighted by Gasteiger charge is 2.22. The van der Waals surface area contributed by atoms with Crippen molar-refractivity contribution < 1.29 is 4.79 Å². The van der Waals surface area contributed by atoms with E-state index in [0.717, 1.165) is 18.7 Å². The fraction of sp³-hybridized carbons (Fsp3) is 0.400. The minimum atomic E-state index is 0.0760. The van der Waals surface area contributed by atoms with Gasteiger partial charge in [0.25, 0.3) is 5.91 Å². The Morgan fingerprint density at radius 1 is 1.12 bits per heavy atom. The summed E-state index contributed by atoms with van der Waals surface area (Å²) in [5.74, 6) is 0.0760. The van der Waals surface area contributed by atoms with E-state index < -0.39 is 0 Å². The van der Waals surface area contributed by atoms with Gasteiger partial charge in [0.05, 0.1) is 11.3 Å². The summed E-state index contributed by atoms with van der Waals surface area (Å²) in [7, 11) is 0. The van der Waals surface area contributed by atoms with Crippen molar-refractivity contribution in [1.82, 2.24) is 9.88 Å². The first-order valence-corrected chi connectivity index (χ1v) is 8.87. The molecule has 0 saturated heterocycles. The van der Waals surface area contributed by atoms with E-state index >= 15 is 0 Å². The van der Waals surface area contributed by atoms with E-state index in [9.17, 15) is 4.79 Å². The predicted octanol–water partition coefficient (Wildman–Crippen LogP) is 3.63. The van der Waals surface area contributed by atoms with Crippen LogP contribution in [-0.2, 0) is 13.0 Å². The molecule has 1 aromatic carbocycles. The number of fused-ring (bicyclic) bond motifs is 1. The van der Waals surface area contributed by atoms with Gasteiger partial charge < -0.3 is 10.2 Å². The Kier molecular flexibility index (Phi) is 4.20. The fourth-order valence-corrected chi connectivity index (χ4v) is 3.79. The van der Waals surface area contributed by atoms with Crippen LogP contribution in [0.3, 0.4) is 0 Å². The highest BCUT2D eigenvalue weighted by Crippen LogP contribution is 2.24. The van der Waals surface area contributed by atoms with Gasteiger partial charge in [-0.2, -0.15) is 0 Å². The third-order valence-corrected chi connectivity index (χ3v) is 5.13. The van der Waals surface area contributed by atoms with Crippen molar-refractivity contribution in [3.8, 4) is 0 Å². The van der Waals surface area contributed by atoms with Crippen molar-refractivity contribution in [1.29, 1.82) is 0 Å². The van der Waals surface area contributed by atoms with Gasteiger partial charge in [-0.25, -0.2) is 0 Å². The molecule has 1 amide bonds. The lowest BCUT2D eigenvalue weighted by Crippen LogP contribution is -2.36. The van der Waals surface area contributed by atoms with Gasteiger partial charge in [0.2, 0.25) is 0 Å². The zero-order valence-electron chi connectivity index (χ0n) is 13.9. The first-order chi connectivity index (χ1) is 11.8. The smallest absolute Gasteiger partial charge is 0.255 e. The molecule has 1 fully saturated rings. The number of hydrogen-bond acceptors (Lipinski definition) is 3. The number of anilines is 1. The summed E-state index contributed by atoms with van der Waals surface area (Å²) < 4.78 is 0. The van der Waals surface area contributed by atoms with Crippen LogP contribution in [0.4, 0.5) is 5.69 Å². The van der Waals surface area contributed by atoms with Crippen LogP contribution in [0, 0.1) is 0 Å². The van der Waals surface area contributed by atoms with Crippen LogP contribution in [0.1, 0.15) is 47.2 Å². The number of aromatic nitrogens is 1. The van der Waals surface area contributed by atoms with E-state index in [1.54, 1.807) is 6.20 Å². The summed E-state index contributed by atoms with van der Waals surface area (Å²) in [4.78, 5) is 19.1. The maximum Gasteiger partial charge on any atom is 0.255 e. The Hall–Kier alpha value is -2.36. The molecule has 0 unspecified atom stereocenters. The van der Waals surface area contributed by atoms with Crippen LogP contribution in [0.25, 0.3) is 0 Å². The largest absolute Gasteiger partial charge is 0.381 e. The zero-order chi connectivity index (χ0) is 16.4. The minimum absolute atomic E-state index is 0.0760. The van der Waals surface area contributed by atoms with E-state index in [-0.39, 0.29) is 5.91 Å². The van der Waals surface area contributed by atoms with Crippen LogP contribution < -0.4 is 5.32 Å². The van der Waals surface area contributed by atoms with Gasteiger partial charge in [0.1, 0.15) is 0 Å². The lowest BCUT2D eigenvalue weighted by atomic mass is 9.99. The molecule has 1 aliphatic heterocycles.